The maximum Gasteiger partial charge on any atom is 0.317 e. The van der Waals surface area contributed by atoms with Crippen LogP contribution < -0.4 is 4.90 Å². The molecule has 20 heavy (non-hydrogen) atoms. The van der Waals surface area contributed by atoms with Crippen molar-refractivity contribution in [1.29, 1.82) is 0 Å². The molecule has 0 aliphatic heterocycles. The summed E-state index contributed by atoms with van der Waals surface area (Å²) in [6, 6.07) is 0. The van der Waals surface area contributed by atoms with E-state index in [0.29, 0.717) is 6.61 Å². The van der Waals surface area contributed by atoms with Gasteiger partial charge in [0.15, 0.2) is 5.13 Å². The van der Waals surface area contributed by atoms with Crippen molar-refractivity contribution >= 4 is 22.4 Å². The molecule has 0 radical (unpaired) electrons. The van der Waals surface area contributed by atoms with Crippen LogP contribution in [0.3, 0.4) is 0 Å². The Morgan fingerprint density at radius 2 is 1.95 bits per heavy atom. The molecule has 0 aliphatic carbocycles. The van der Waals surface area contributed by atoms with E-state index in [1.165, 1.54) is 0 Å². The zero-order valence-corrected chi connectivity index (χ0v) is 14.4. The first-order valence-corrected chi connectivity index (χ1v) is 7.80. The van der Waals surface area contributed by atoms with Crippen molar-refractivity contribution in [1.82, 2.24) is 4.98 Å². The lowest BCUT2D eigenvalue weighted by Crippen LogP contribution is -2.32. The van der Waals surface area contributed by atoms with E-state index in [9.17, 15) is 4.79 Å². The molecule has 0 N–H and O–H groups in total. The van der Waals surface area contributed by atoms with Crippen LogP contribution in [0.1, 0.15) is 47.2 Å². The smallest absolute Gasteiger partial charge is 0.317 e. The number of ether oxygens (including phenoxy) is 1. The highest BCUT2D eigenvalue weighted by molar-refractivity contribution is 7.13. The SMILES string of the molecule is CCOC(=O)C(C)(C)c1csc(N(C)CC(C)(C)C)n1. The Labute approximate surface area is 126 Å². The average Bonchev–Trinajstić information content (AvgIpc) is 2.76. The highest BCUT2D eigenvalue weighted by Crippen LogP contribution is 2.30. The van der Waals surface area contributed by atoms with Gasteiger partial charge in [0, 0.05) is 19.0 Å². The van der Waals surface area contributed by atoms with Crippen molar-refractivity contribution in [3.05, 3.63) is 11.1 Å². The van der Waals surface area contributed by atoms with Gasteiger partial charge in [-0.15, -0.1) is 11.3 Å². The van der Waals surface area contributed by atoms with Crippen molar-refractivity contribution in [2.45, 2.75) is 47.0 Å². The summed E-state index contributed by atoms with van der Waals surface area (Å²) in [6.45, 7) is 13.4. The first kappa shape index (κ1) is 17.0. The second-order valence-electron chi connectivity index (χ2n) is 6.78. The minimum absolute atomic E-state index is 0.206. The van der Waals surface area contributed by atoms with Gasteiger partial charge >= 0.3 is 5.97 Å². The Bertz CT molecular complexity index is 461. The molecule has 1 aromatic rings. The molecular weight excluding hydrogens is 272 g/mol. The number of hydrogen-bond donors (Lipinski definition) is 0. The molecule has 1 rings (SSSR count). The van der Waals surface area contributed by atoms with E-state index in [1.54, 1.807) is 11.3 Å². The third-order valence-corrected chi connectivity index (χ3v) is 3.91. The van der Waals surface area contributed by atoms with Crippen LogP contribution in [-0.2, 0) is 14.9 Å². The summed E-state index contributed by atoms with van der Waals surface area (Å²) in [5.41, 5.74) is 0.279. The summed E-state index contributed by atoms with van der Waals surface area (Å²) >= 11 is 1.57. The Morgan fingerprint density at radius 3 is 2.45 bits per heavy atom. The summed E-state index contributed by atoms with van der Waals surface area (Å²) in [4.78, 5) is 18.7. The van der Waals surface area contributed by atoms with Gasteiger partial charge in [0.25, 0.3) is 0 Å². The Hall–Kier alpha value is -1.10. The second kappa shape index (κ2) is 6.12. The number of rotatable bonds is 5. The van der Waals surface area contributed by atoms with Gasteiger partial charge in [-0.3, -0.25) is 4.79 Å². The molecular formula is C15H26N2O2S. The molecule has 0 fully saturated rings. The predicted octanol–water partition coefficient (Wildman–Crippen LogP) is 3.47. The standard InChI is InChI=1S/C15H26N2O2S/c1-8-19-12(18)15(5,6)11-9-20-13(16-11)17(7)10-14(2,3)4/h9H,8,10H2,1-7H3. The van der Waals surface area contributed by atoms with Crippen LogP contribution in [0.2, 0.25) is 0 Å². The lowest BCUT2D eigenvalue weighted by atomic mass is 9.90. The van der Waals surface area contributed by atoms with Gasteiger partial charge in [-0.2, -0.15) is 0 Å². The lowest BCUT2D eigenvalue weighted by Gasteiger charge is -2.26. The molecule has 4 nitrogen and oxygen atoms in total. The van der Waals surface area contributed by atoms with Crippen LogP contribution in [0.4, 0.5) is 5.13 Å². The van der Waals surface area contributed by atoms with Crippen LogP contribution >= 0.6 is 11.3 Å². The van der Waals surface area contributed by atoms with Crippen LogP contribution in [0.25, 0.3) is 0 Å². The monoisotopic (exact) mass is 298 g/mol. The zero-order valence-electron chi connectivity index (χ0n) is 13.6. The molecule has 0 aliphatic rings. The van der Waals surface area contributed by atoms with E-state index >= 15 is 0 Å². The van der Waals surface area contributed by atoms with E-state index in [0.717, 1.165) is 17.4 Å². The lowest BCUT2D eigenvalue weighted by molar-refractivity contribution is -0.148. The predicted molar refractivity (Wildman–Crippen MR) is 84.5 cm³/mol. The molecule has 0 saturated carbocycles. The number of hydrogen-bond acceptors (Lipinski definition) is 5. The molecule has 0 aromatic carbocycles. The summed E-state index contributed by atoms with van der Waals surface area (Å²) in [5, 5.41) is 2.89. The Kier molecular flexibility index (Phi) is 5.19. The second-order valence-corrected chi connectivity index (χ2v) is 7.61. The molecule has 5 heteroatoms. The topological polar surface area (TPSA) is 42.4 Å². The van der Waals surface area contributed by atoms with Gasteiger partial charge in [0.1, 0.15) is 5.41 Å². The molecule has 0 atom stereocenters. The van der Waals surface area contributed by atoms with Crippen LogP contribution in [0, 0.1) is 5.41 Å². The molecule has 0 bridgehead atoms. The van der Waals surface area contributed by atoms with Crippen LogP contribution in [0.15, 0.2) is 5.38 Å². The van der Waals surface area contributed by atoms with E-state index in [1.807, 2.05) is 33.2 Å². The normalized spacial score (nSPS) is 12.3. The van der Waals surface area contributed by atoms with Gasteiger partial charge < -0.3 is 9.64 Å². The van der Waals surface area contributed by atoms with Crippen molar-refractivity contribution < 1.29 is 9.53 Å². The van der Waals surface area contributed by atoms with Crippen LogP contribution in [-0.4, -0.2) is 31.2 Å². The third kappa shape index (κ3) is 4.20. The third-order valence-electron chi connectivity index (χ3n) is 2.96. The minimum Gasteiger partial charge on any atom is -0.465 e. The maximum absolute atomic E-state index is 12.0. The van der Waals surface area contributed by atoms with Gasteiger partial charge in [-0.25, -0.2) is 4.98 Å². The fraction of sp³-hybridized carbons (Fsp3) is 0.733. The fourth-order valence-electron chi connectivity index (χ4n) is 1.92. The number of anilines is 1. The van der Waals surface area contributed by atoms with Gasteiger partial charge in [-0.05, 0) is 26.2 Å². The number of esters is 1. The molecule has 0 amide bonds. The number of thiazole rings is 1. The van der Waals surface area contributed by atoms with Gasteiger partial charge in [-0.1, -0.05) is 20.8 Å². The van der Waals surface area contributed by atoms with E-state index in [2.05, 4.69) is 30.7 Å². The molecule has 114 valence electrons. The molecule has 0 spiro atoms. The van der Waals surface area contributed by atoms with Crippen molar-refractivity contribution in [2.24, 2.45) is 5.41 Å². The Balaban J connectivity index is 2.89. The number of carbonyl (C=O) groups is 1. The summed E-state index contributed by atoms with van der Waals surface area (Å²) < 4.78 is 5.12. The van der Waals surface area contributed by atoms with E-state index in [4.69, 9.17) is 4.74 Å². The first-order chi connectivity index (χ1) is 9.08. The van der Waals surface area contributed by atoms with Crippen molar-refractivity contribution in [3.8, 4) is 0 Å². The first-order valence-electron chi connectivity index (χ1n) is 6.92. The van der Waals surface area contributed by atoms with E-state index in [-0.39, 0.29) is 11.4 Å². The van der Waals surface area contributed by atoms with E-state index < -0.39 is 5.41 Å². The maximum atomic E-state index is 12.0. The van der Waals surface area contributed by atoms with Crippen molar-refractivity contribution in [2.75, 3.05) is 25.1 Å². The average molecular weight is 298 g/mol. The number of nitrogens with zero attached hydrogens (tertiary/aromatic N) is 2. The summed E-state index contributed by atoms with van der Waals surface area (Å²) in [7, 11) is 2.03. The highest BCUT2D eigenvalue weighted by atomic mass is 32.1. The molecule has 0 saturated heterocycles. The Morgan fingerprint density at radius 1 is 1.35 bits per heavy atom. The summed E-state index contributed by atoms with van der Waals surface area (Å²) in [6.07, 6.45) is 0. The largest absolute Gasteiger partial charge is 0.465 e. The quantitative estimate of drug-likeness (QED) is 0.781. The number of carbonyl (C=O) groups excluding carboxylic acids is 1. The van der Waals surface area contributed by atoms with Crippen LogP contribution in [0.5, 0.6) is 0 Å². The minimum atomic E-state index is -0.701. The van der Waals surface area contributed by atoms with Gasteiger partial charge in [0.2, 0.25) is 0 Å². The van der Waals surface area contributed by atoms with Crippen molar-refractivity contribution in [3.63, 3.8) is 0 Å². The van der Waals surface area contributed by atoms with Gasteiger partial charge in [0.05, 0.1) is 12.3 Å². The summed E-state index contributed by atoms with van der Waals surface area (Å²) in [5.74, 6) is -0.227. The molecule has 0 unspecified atom stereocenters. The fourth-order valence-corrected chi connectivity index (χ4v) is 2.88. The number of aromatic nitrogens is 1. The highest BCUT2D eigenvalue weighted by Gasteiger charge is 2.34. The molecule has 1 aromatic heterocycles. The molecule has 1 heterocycles. The zero-order chi connectivity index (χ0) is 15.6.